The van der Waals surface area contributed by atoms with Crippen molar-refractivity contribution < 1.29 is 10.2 Å². The Morgan fingerprint density at radius 1 is 1.55 bits per heavy atom. The zero-order chi connectivity index (χ0) is 8.10. The van der Waals surface area contributed by atoms with Crippen LogP contribution in [-0.4, -0.2) is 42.9 Å². The van der Waals surface area contributed by atoms with Crippen LogP contribution in [0, 0.1) is 5.92 Å². The van der Waals surface area contributed by atoms with E-state index in [0.717, 1.165) is 25.9 Å². The number of hydrogen-bond donors (Lipinski definition) is 1. The average Bonchev–Trinajstić information content (AvgIpc) is 2.06. The van der Waals surface area contributed by atoms with Gasteiger partial charge in [0.1, 0.15) is 0 Å². The average molecular weight is 158 g/mol. The number of likely N-dealkylation sites (tertiary alicyclic amines) is 1. The first-order valence-corrected chi connectivity index (χ1v) is 4.28. The van der Waals surface area contributed by atoms with E-state index in [1.807, 2.05) is 0 Å². The van der Waals surface area contributed by atoms with Crippen molar-refractivity contribution >= 4 is 0 Å². The summed E-state index contributed by atoms with van der Waals surface area (Å²) in [5.41, 5.74) is 0. The Bertz CT molecular complexity index is 106. The Morgan fingerprint density at radius 2 is 2.36 bits per heavy atom. The summed E-state index contributed by atoms with van der Waals surface area (Å²) in [7, 11) is 0. The quantitative estimate of drug-likeness (QED) is 0.634. The number of piperidine rings is 1. The minimum Gasteiger partial charge on any atom is -0.396 e. The SMILES string of the molecule is [O]CCN1CCCC(CO)C1. The van der Waals surface area contributed by atoms with Crippen LogP contribution in [0.4, 0.5) is 0 Å². The highest BCUT2D eigenvalue weighted by Gasteiger charge is 2.18. The molecule has 1 fully saturated rings. The summed E-state index contributed by atoms with van der Waals surface area (Å²) in [5.74, 6) is 0.412. The first-order valence-electron chi connectivity index (χ1n) is 4.28. The number of nitrogens with zero attached hydrogens (tertiary/aromatic N) is 1. The molecule has 0 bridgehead atoms. The second-order valence-corrected chi connectivity index (χ2v) is 3.20. The molecule has 1 N–H and O–H groups in total. The molecule has 0 aromatic rings. The molecule has 1 atom stereocenters. The summed E-state index contributed by atoms with van der Waals surface area (Å²) in [5, 5.41) is 19.2. The molecule has 0 aromatic heterocycles. The molecule has 1 rings (SSSR count). The smallest absolute Gasteiger partial charge is 0.0949 e. The maximum Gasteiger partial charge on any atom is 0.0949 e. The van der Waals surface area contributed by atoms with Gasteiger partial charge in [-0.3, -0.25) is 0 Å². The molecule has 11 heavy (non-hydrogen) atoms. The van der Waals surface area contributed by atoms with Gasteiger partial charge in [-0.25, -0.2) is 5.11 Å². The summed E-state index contributed by atoms with van der Waals surface area (Å²) in [6, 6.07) is 0. The van der Waals surface area contributed by atoms with Crippen LogP contribution >= 0.6 is 0 Å². The molecule has 0 aliphatic carbocycles. The van der Waals surface area contributed by atoms with E-state index >= 15 is 0 Å². The van der Waals surface area contributed by atoms with Gasteiger partial charge in [0, 0.05) is 19.7 Å². The van der Waals surface area contributed by atoms with Crippen molar-refractivity contribution in [2.75, 3.05) is 32.8 Å². The molecule has 3 nitrogen and oxygen atoms in total. The van der Waals surface area contributed by atoms with Crippen LogP contribution in [0.2, 0.25) is 0 Å². The summed E-state index contributed by atoms with van der Waals surface area (Å²) in [6.07, 6.45) is 2.25. The maximum atomic E-state index is 10.3. The van der Waals surface area contributed by atoms with Gasteiger partial charge in [0.15, 0.2) is 0 Å². The molecule has 1 aliphatic rings. The topological polar surface area (TPSA) is 43.4 Å². The van der Waals surface area contributed by atoms with Crippen LogP contribution < -0.4 is 0 Å². The number of aliphatic hydroxyl groups is 1. The molecule has 1 radical (unpaired) electrons. The Hall–Kier alpha value is -0.120. The largest absolute Gasteiger partial charge is 0.396 e. The molecule has 0 saturated carbocycles. The van der Waals surface area contributed by atoms with Crippen LogP contribution in [-0.2, 0) is 5.11 Å². The van der Waals surface area contributed by atoms with E-state index in [9.17, 15) is 5.11 Å². The minimum atomic E-state index is -0.0157. The van der Waals surface area contributed by atoms with Crippen molar-refractivity contribution in [2.45, 2.75) is 12.8 Å². The van der Waals surface area contributed by atoms with Gasteiger partial charge in [0.25, 0.3) is 0 Å². The van der Waals surface area contributed by atoms with Gasteiger partial charge < -0.3 is 10.0 Å². The molecule has 0 spiro atoms. The fourth-order valence-electron chi connectivity index (χ4n) is 1.63. The third kappa shape index (κ3) is 2.77. The van der Waals surface area contributed by atoms with Gasteiger partial charge in [-0.2, -0.15) is 0 Å². The first kappa shape index (κ1) is 8.97. The summed E-state index contributed by atoms with van der Waals surface area (Å²) in [6.45, 7) is 2.86. The molecule has 1 heterocycles. The molecule has 65 valence electrons. The van der Waals surface area contributed by atoms with E-state index in [2.05, 4.69) is 4.90 Å². The fourth-order valence-corrected chi connectivity index (χ4v) is 1.63. The van der Waals surface area contributed by atoms with E-state index in [4.69, 9.17) is 5.11 Å². The number of rotatable bonds is 3. The van der Waals surface area contributed by atoms with Gasteiger partial charge in [-0.1, -0.05) is 0 Å². The van der Waals surface area contributed by atoms with Gasteiger partial charge in [0.2, 0.25) is 0 Å². The van der Waals surface area contributed by atoms with Gasteiger partial charge in [0.05, 0.1) is 6.61 Å². The Kier molecular flexibility index (Phi) is 3.83. The lowest BCUT2D eigenvalue weighted by molar-refractivity contribution is 0.0863. The van der Waals surface area contributed by atoms with Crippen LogP contribution in [0.3, 0.4) is 0 Å². The minimum absolute atomic E-state index is 0.0157. The van der Waals surface area contributed by atoms with Crippen LogP contribution in [0.5, 0.6) is 0 Å². The molecular weight excluding hydrogens is 142 g/mol. The fraction of sp³-hybridized carbons (Fsp3) is 1.00. The van der Waals surface area contributed by atoms with Crippen LogP contribution in [0.1, 0.15) is 12.8 Å². The lowest BCUT2D eigenvalue weighted by Crippen LogP contribution is -2.38. The Morgan fingerprint density at radius 3 is 3.00 bits per heavy atom. The van der Waals surface area contributed by atoms with Crippen molar-refractivity contribution in [3.8, 4) is 0 Å². The summed E-state index contributed by atoms with van der Waals surface area (Å²) in [4.78, 5) is 2.15. The van der Waals surface area contributed by atoms with Crippen molar-refractivity contribution in [3.05, 3.63) is 0 Å². The highest BCUT2D eigenvalue weighted by atomic mass is 16.3. The van der Waals surface area contributed by atoms with Crippen LogP contribution in [0.25, 0.3) is 0 Å². The maximum absolute atomic E-state index is 10.3. The standard InChI is InChI=1S/C8H16NO2/c10-5-4-9-3-1-2-8(6-9)7-11/h8,11H,1-7H2. The number of hydrogen-bond acceptors (Lipinski definition) is 2. The van der Waals surface area contributed by atoms with Gasteiger partial charge in [-0.15, -0.1) is 0 Å². The molecule has 0 amide bonds. The van der Waals surface area contributed by atoms with Crippen LogP contribution in [0.15, 0.2) is 0 Å². The van der Waals surface area contributed by atoms with E-state index in [1.54, 1.807) is 0 Å². The van der Waals surface area contributed by atoms with Crippen molar-refractivity contribution in [1.29, 1.82) is 0 Å². The van der Waals surface area contributed by atoms with E-state index in [0.29, 0.717) is 12.5 Å². The van der Waals surface area contributed by atoms with E-state index < -0.39 is 0 Å². The Labute approximate surface area is 67.6 Å². The Balaban J connectivity index is 2.21. The van der Waals surface area contributed by atoms with Gasteiger partial charge in [-0.05, 0) is 25.3 Å². The monoisotopic (exact) mass is 158 g/mol. The second kappa shape index (κ2) is 4.70. The first-order chi connectivity index (χ1) is 5.36. The van der Waals surface area contributed by atoms with E-state index in [1.165, 1.54) is 0 Å². The normalized spacial score (nSPS) is 27.3. The highest BCUT2D eigenvalue weighted by Crippen LogP contribution is 2.14. The molecule has 1 aliphatic heterocycles. The molecule has 1 unspecified atom stereocenters. The summed E-state index contributed by atoms with van der Waals surface area (Å²) < 4.78 is 0. The lowest BCUT2D eigenvalue weighted by atomic mass is 9.99. The molecule has 3 heteroatoms. The zero-order valence-electron chi connectivity index (χ0n) is 6.83. The van der Waals surface area contributed by atoms with Crippen molar-refractivity contribution in [3.63, 3.8) is 0 Å². The van der Waals surface area contributed by atoms with Crippen molar-refractivity contribution in [2.24, 2.45) is 5.92 Å². The van der Waals surface area contributed by atoms with Crippen molar-refractivity contribution in [1.82, 2.24) is 4.90 Å². The lowest BCUT2D eigenvalue weighted by Gasteiger charge is -2.30. The predicted molar refractivity (Wildman–Crippen MR) is 41.8 cm³/mol. The zero-order valence-corrected chi connectivity index (χ0v) is 6.83. The second-order valence-electron chi connectivity index (χ2n) is 3.20. The van der Waals surface area contributed by atoms with E-state index in [-0.39, 0.29) is 13.2 Å². The number of aliphatic hydroxyl groups excluding tert-OH is 1. The molecular formula is C8H16NO2. The third-order valence-electron chi connectivity index (χ3n) is 2.27. The highest BCUT2D eigenvalue weighted by molar-refractivity contribution is 4.71. The predicted octanol–water partition coefficient (Wildman–Crippen LogP) is 0.121. The van der Waals surface area contributed by atoms with Gasteiger partial charge >= 0.3 is 0 Å². The summed E-state index contributed by atoms with van der Waals surface area (Å²) >= 11 is 0. The molecule has 1 saturated heterocycles. The third-order valence-corrected chi connectivity index (χ3v) is 2.27. The molecule has 0 aromatic carbocycles.